The fourth-order valence-corrected chi connectivity index (χ4v) is 5.07. The first-order valence-electron chi connectivity index (χ1n) is 11.4. The topological polar surface area (TPSA) is 26.8 Å². The van der Waals surface area contributed by atoms with Crippen molar-refractivity contribution in [2.45, 2.75) is 51.0 Å². The molecule has 1 aromatic carbocycles. The third-order valence-electron chi connectivity index (χ3n) is 7.04. The van der Waals surface area contributed by atoms with E-state index in [1.165, 1.54) is 63.8 Å². The van der Waals surface area contributed by atoms with Gasteiger partial charge in [-0.05, 0) is 76.1 Å². The van der Waals surface area contributed by atoms with Gasteiger partial charge in [0.25, 0.3) is 0 Å². The van der Waals surface area contributed by atoms with Crippen molar-refractivity contribution in [1.29, 1.82) is 0 Å². The van der Waals surface area contributed by atoms with Gasteiger partial charge in [0.2, 0.25) is 5.91 Å². The molecule has 28 heavy (non-hydrogen) atoms. The van der Waals surface area contributed by atoms with E-state index in [9.17, 15) is 4.79 Å². The van der Waals surface area contributed by atoms with Crippen LogP contribution in [0, 0.1) is 11.8 Å². The molecule has 4 rings (SSSR count). The van der Waals surface area contributed by atoms with Crippen molar-refractivity contribution in [1.82, 2.24) is 14.7 Å². The second kappa shape index (κ2) is 9.41. The smallest absolute Gasteiger partial charge is 0.226 e. The lowest BCUT2D eigenvalue weighted by Gasteiger charge is -2.42. The average molecular weight is 384 g/mol. The van der Waals surface area contributed by atoms with Crippen molar-refractivity contribution in [3.63, 3.8) is 0 Å². The number of benzene rings is 1. The van der Waals surface area contributed by atoms with Crippen LogP contribution in [-0.2, 0) is 11.2 Å². The predicted molar refractivity (Wildman–Crippen MR) is 114 cm³/mol. The Hall–Kier alpha value is -1.39. The van der Waals surface area contributed by atoms with Crippen molar-refractivity contribution in [3.05, 3.63) is 35.9 Å². The number of carbonyl (C=O) groups is 1. The number of likely N-dealkylation sites (tertiary alicyclic amines) is 2. The van der Waals surface area contributed by atoms with E-state index in [0.717, 1.165) is 31.8 Å². The quantitative estimate of drug-likeness (QED) is 0.723. The zero-order chi connectivity index (χ0) is 19.3. The van der Waals surface area contributed by atoms with Gasteiger partial charge in [0.15, 0.2) is 0 Å². The van der Waals surface area contributed by atoms with Crippen LogP contribution in [-0.4, -0.2) is 73.0 Å². The van der Waals surface area contributed by atoms with Gasteiger partial charge in [-0.15, -0.1) is 0 Å². The Labute approximate surface area is 170 Å². The highest BCUT2D eigenvalue weighted by atomic mass is 16.2. The van der Waals surface area contributed by atoms with Gasteiger partial charge < -0.3 is 9.80 Å². The molecule has 0 aromatic heterocycles. The maximum absolute atomic E-state index is 12.9. The normalized spacial score (nSPS) is 25.0. The van der Waals surface area contributed by atoms with Gasteiger partial charge in [0, 0.05) is 32.7 Å². The SMILES string of the molecule is CN(CC1CC1)C(=O)[C@H]1CCCN(C2CCN(CCc3ccccc3)CC2)C1. The Morgan fingerprint density at radius 1 is 1.04 bits per heavy atom. The summed E-state index contributed by atoms with van der Waals surface area (Å²) in [7, 11) is 2.02. The molecule has 3 fully saturated rings. The number of carbonyl (C=O) groups excluding carboxylic acids is 1. The summed E-state index contributed by atoms with van der Waals surface area (Å²) >= 11 is 0. The highest BCUT2D eigenvalue weighted by Gasteiger charge is 2.34. The molecule has 2 saturated heterocycles. The largest absolute Gasteiger partial charge is 0.345 e. The fraction of sp³-hybridized carbons (Fsp3) is 0.708. The van der Waals surface area contributed by atoms with E-state index in [-0.39, 0.29) is 5.92 Å². The maximum atomic E-state index is 12.9. The van der Waals surface area contributed by atoms with Gasteiger partial charge in [-0.25, -0.2) is 0 Å². The zero-order valence-electron chi connectivity index (χ0n) is 17.6. The molecule has 3 aliphatic rings. The summed E-state index contributed by atoms with van der Waals surface area (Å²) in [5.41, 5.74) is 1.44. The molecule has 4 heteroatoms. The van der Waals surface area contributed by atoms with Crippen LogP contribution < -0.4 is 0 Å². The highest BCUT2D eigenvalue weighted by molar-refractivity contribution is 5.79. The fourth-order valence-electron chi connectivity index (χ4n) is 5.07. The predicted octanol–water partition coefficient (Wildman–Crippen LogP) is 3.27. The molecule has 1 aromatic rings. The van der Waals surface area contributed by atoms with Crippen molar-refractivity contribution in [2.75, 3.05) is 46.3 Å². The summed E-state index contributed by atoms with van der Waals surface area (Å²) in [4.78, 5) is 20.1. The molecule has 2 aliphatic heterocycles. The Morgan fingerprint density at radius 2 is 1.79 bits per heavy atom. The first-order chi connectivity index (χ1) is 13.7. The van der Waals surface area contributed by atoms with Crippen LogP contribution in [0.2, 0.25) is 0 Å². The molecule has 2 heterocycles. The number of amides is 1. The molecule has 4 nitrogen and oxygen atoms in total. The second-order valence-electron chi connectivity index (χ2n) is 9.30. The summed E-state index contributed by atoms with van der Waals surface area (Å²) in [6, 6.07) is 11.5. The zero-order valence-corrected chi connectivity index (χ0v) is 17.6. The lowest BCUT2D eigenvalue weighted by atomic mass is 9.92. The summed E-state index contributed by atoms with van der Waals surface area (Å²) < 4.78 is 0. The van der Waals surface area contributed by atoms with Gasteiger partial charge in [-0.2, -0.15) is 0 Å². The number of rotatable bonds is 7. The number of hydrogen-bond donors (Lipinski definition) is 0. The van der Waals surface area contributed by atoms with E-state index in [4.69, 9.17) is 0 Å². The Kier molecular flexibility index (Phi) is 6.69. The van der Waals surface area contributed by atoms with Crippen LogP contribution in [0.5, 0.6) is 0 Å². The molecular weight excluding hydrogens is 346 g/mol. The third-order valence-corrected chi connectivity index (χ3v) is 7.04. The maximum Gasteiger partial charge on any atom is 0.226 e. The molecule has 154 valence electrons. The molecule has 1 amide bonds. The molecule has 0 bridgehead atoms. The van der Waals surface area contributed by atoms with Crippen molar-refractivity contribution < 1.29 is 4.79 Å². The molecule has 0 radical (unpaired) electrons. The number of hydrogen-bond acceptors (Lipinski definition) is 3. The Bertz CT molecular complexity index is 622. The van der Waals surface area contributed by atoms with Crippen LogP contribution in [0.15, 0.2) is 30.3 Å². The molecule has 0 unspecified atom stereocenters. The van der Waals surface area contributed by atoms with Gasteiger partial charge >= 0.3 is 0 Å². The van der Waals surface area contributed by atoms with Crippen LogP contribution >= 0.6 is 0 Å². The van der Waals surface area contributed by atoms with Gasteiger partial charge in [-0.3, -0.25) is 9.69 Å². The molecule has 0 N–H and O–H groups in total. The Morgan fingerprint density at radius 3 is 2.50 bits per heavy atom. The summed E-state index contributed by atoms with van der Waals surface area (Å²) in [6.45, 7) is 6.73. The Balaban J connectivity index is 1.21. The number of piperidine rings is 2. The average Bonchev–Trinajstić information content (AvgIpc) is 3.57. The van der Waals surface area contributed by atoms with E-state index in [1.807, 2.05) is 11.9 Å². The highest BCUT2D eigenvalue weighted by Crippen LogP contribution is 2.30. The minimum Gasteiger partial charge on any atom is -0.345 e. The van der Waals surface area contributed by atoms with E-state index in [1.54, 1.807) is 0 Å². The van der Waals surface area contributed by atoms with Gasteiger partial charge in [0.1, 0.15) is 0 Å². The van der Waals surface area contributed by atoms with Crippen LogP contribution in [0.1, 0.15) is 44.1 Å². The molecule has 0 spiro atoms. The first kappa shape index (κ1) is 19.9. The standard InChI is InChI=1S/C24H37N3O/c1-25(18-21-9-10-21)24(28)22-8-5-14-27(19-22)23-12-16-26(17-13-23)15-11-20-6-3-2-4-7-20/h2-4,6-7,21-23H,5,8-19H2,1H3/t22-/m0/s1. The lowest BCUT2D eigenvalue weighted by Crippen LogP contribution is -2.51. The number of nitrogens with zero attached hydrogens (tertiary/aromatic N) is 3. The summed E-state index contributed by atoms with van der Waals surface area (Å²) in [6.07, 6.45) is 8.57. The van der Waals surface area contributed by atoms with Gasteiger partial charge in [0.05, 0.1) is 5.92 Å². The van der Waals surface area contributed by atoms with E-state index in [2.05, 4.69) is 40.1 Å². The van der Waals surface area contributed by atoms with Crippen LogP contribution in [0.4, 0.5) is 0 Å². The third kappa shape index (κ3) is 5.36. The molecule has 1 saturated carbocycles. The molecular formula is C24H37N3O. The van der Waals surface area contributed by atoms with E-state index >= 15 is 0 Å². The minimum atomic E-state index is 0.230. The molecule has 1 aliphatic carbocycles. The summed E-state index contributed by atoms with van der Waals surface area (Å²) in [5.74, 6) is 1.42. The minimum absolute atomic E-state index is 0.230. The van der Waals surface area contributed by atoms with Gasteiger partial charge in [-0.1, -0.05) is 30.3 Å². The van der Waals surface area contributed by atoms with Crippen molar-refractivity contribution >= 4 is 5.91 Å². The van der Waals surface area contributed by atoms with Crippen molar-refractivity contribution in [3.8, 4) is 0 Å². The summed E-state index contributed by atoms with van der Waals surface area (Å²) in [5, 5.41) is 0. The van der Waals surface area contributed by atoms with Crippen LogP contribution in [0.25, 0.3) is 0 Å². The first-order valence-corrected chi connectivity index (χ1v) is 11.4. The molecule has 1 atom stereocenters. The van der Waals surface area contributed by atoms with E-state index in [0.29, 0.717) is 11.9 Å². The van der Waals surface area contributed by atoms with E-state index < -0.39 is 0 Å². The van der Waals surface area contributed by atoms with Crippen LogP contribution in [0.3, 0.4) is 0 Å². The lowest BCUT2D eigenvalue weighted by molar-refractivity contribution is -0.136. The second-order valence-corrected chi connectivity index (χ2v) is 9.30. The van der Waals surface area contributed by atoms with Crippen molar-refractivity contribution in [2.24, 2.45) is 11.8 Å². The monoisotopic (exact) mass is 383 g/mol.